The number of thiazole rings is 1. The van der Waals surface area contributed by atoms with Gasteiger partial charge in [0.15, 0.2) is 0 Å². The lowest BCUT2D eigenvalue weighted by Gasteiger charge is -2.43. The van der Waals surface area contributed by atoms with E-state index in [0.29, 0.717) is 0 Å². The number of fused-ring (bicyclic) bond motifs is 9. The van der Waals surface area contributed by atoms with Crippen molar-refractivity contribution in [1.82, 2.24) is 9.88 Å². The van der Waals surface area contributed by atoms with Crippen molar-refractivity contribution >= 4 is 40.9 Å². The van der Waals surface area contributed by atoms with Crippen LogP contribution in [0.4, 0.5) is 0 Å². The number of aromatic nitrogens is 1. The van der Waals surface area contributed by atoms with Gasteiger partial charge in [-0.2, -0.15) is 0 Å². The van der Waals surface area contributed by atoms with Gasteiger partial charge in [-0.25, -0.2) is 0 Å². The molecule has 0 spiro atoms. The molecule has 2 aliphatic heterocycles. The Bertz CT molecular complexity index is 1220. The molecule has 33 heavy (non-hydrogen) atoms. The van der Waals surface area contributed by atoms with Gasteiger partial charge in [-0.1, -0.05) is 41.2 Å². The molecule has 2 aliphatic carbocycles. The number of nitrogens with one attached hydrogen (secondary N) is 1. The number of aliphatic carboxylic acids is 1. The van der Waals surface area contributed by atoms with Gasteiger partial charge in [-0.3, -0.25) is 24.1 Å². The predicted molar refractivity (Wildman–Crippen MR) is 123 cm³/mol. The number of aromatic amines is 1. The molecule has 9 heteroatoms. The monoisotopic (exact) mass is 484 g/mol. The van der Waals surface area contributed by atoms with Crippen molar-refractivity contribution in [2.24, 2.45) is 29.6 Å². The molecule has 172 valence electrons. The van der Waals surface area contributed by atoms with Crippen LogP contribution in [0.3, 0.4) is 0 Å². The number of H-pyrrole nitrogens is 1. The smallest absolute Gasteiger partial charge is 0.305 e. The van der Waals surface area contributed by atoms with Gasteiger partial charge in [0.05, 0.1) is 16.9 Å². The summed E-state index contributed by atoms with van der Waals surface area (Å²) in [5, 5.41) is 10.0. The maximum atomic E-state index is 13.4. The number of rotatable bonds is 5. The molecule has 6 rings (SSSR count). The van der Waals surface area contributed by atoms with Crippen molar-refractivity contribution in [3.05, 3.63) is 49.9 Å². The minimum atomic E-state index is -0.919. The number of likely N-dealkylation sites (tertiary alicyclic amines) is 1. The maximum absolute atomic E-state index is 13.4. The molecule has 2 N–H and O–H groups in total. The van der Waals surface area contributed by atoms with E-state index in [4.69, 9.17) is 5.11 Å². The molecule has 1 aromatic carbocycles. The second-order valence-corrected chi connectivity index (χ2v) is 11.9. The molecule has 4 aliphatic rings. The zero-order valence-corrected chi connectivity index (χ0v) is 19.7. The average molecular weight is 485 g/mol. The standard InChI is InChI=1S/C24H24N2O5S2/c1-10-4-6-11(7-5-10)15-16-12-9-13(19(16)32-21-20(15)33-24(31)25-21)18-17(12)22(29)26(23(18)30)8-2-3-14(27)28/h4-7,12-13,15-19H,2-3,8-9H2,1H3,(H,25,31)(H,27,28)/t12-,13+,15+,16+,17-,18+,19-/m1/s1. The highest BCUT2D eigenvalue weighted by Crippen LogP contribution is 2.68. The normalized spacial score (nSPS) is 33.8. The fourth-order valence-corrected chi connectivity index (χ4v) is 9.72. The first-order chi connectivity index (χ1) is 15.8. The molecule has 0 unspecified atom stereocenters. The summed E-state index contributed by atoms with van der Waals surface area (Å²) in [4.78, 5) is 55.1. The highest BCUT2D eigenvalue weighted by molar-refractivity contribution is 8.00. The first-order valence-electron chi connectivity index (χ1n) is 11.4. The second kappa shape index (κ2) is 7.56. The number of carbonyl (C=O) groups excluding carboxylic acids is 2. The minimum Gasteiger partial charge on any atom is -0.481 e. The van der Waals surface area contributed by atoms with E-state index >= 15 is 0 Å². The van der Waals surface area contributed by atoms with Gasteiger partial charge >= 0.3 is 10.8 Å². The molecular formula is C24H24N2O5S2. The van der Waals surface area contributed by atoms with Gasteiger partial charge in [-0.05, 0) is 43.1 Å². The van der Waals surface area contributed by atoms with Crippen LogP contribution in [-0.2, 0) is 14.4 Å². The van der Waals surface area contributed by atoms with Crippen LogP contribution in [0.2, 0.25) is 0 Å². The number of hydrogen-bond donors (Lipinski definition) is 2. The lowest BCUT2D eigenvalue weighted by molar-refractivity contribution is -0.142. The lowest BCUT2D eigenvalue weighted by atomic mass is 9.68. The number of aryl methyl sites for hydroxylation is 1. The van der Waals surface area contributed by atoms with Crippen molar-refractivity contribution < 1.29 is 19.5 Å². The number of nitrogens with zero attached hydrogens (tertiary/aromatic N) is 1. The molecule has 3 fully saturated rings. The minimum absolute atomic E-state index is 0.0377. The molecule has 0 radical (unpaired) electrons. The number of hydrogen-bond acceptors (Lipinski definition) is 6. The third kappa shape index (κ3) is 3.08. The van der Waals surface area contributed by atoms with Crippen LogP contribution in [0, 0.1) is 36.5 Å². The third-order valence-corrected chi connectivity index (χ3v) is 10.6. The topological polar surface area (TPSA) is 108 Å². The Balaban J connectivity index is 1.37. The highest BCUT2D eigenvalue weighted by Gasteiger charge is 2.69. The number of benzene rings is 1. The highest BCUT2D eigenvalue weighted by atomic mass is 32.2. The zero-order valence-electron chi connectivity index (χ0n) is 18.0. The van der Waals surface area contributed by atoms with Gasteiger partial charge in [-0.15, -0.1) is 11.8 Å². The quantitative estimate of drug-likeness (QED) is 0.632. The summed E-state index contributed by atoms with van der Waals surface area (Å²) >= 11 is 2.95. The Hall–Kier alpha value is -2.39. The van der Waals surface area contributed by atoms with E-state index in [0.717, 1.165) is 21.9 Å². The Kier molecular flexibility index (Phi) is 4.85. The molecular weight excluding hydrogens is 460 g/mol. The molecule has 7 atom stereocenters. The molecule has 2 aromatic rings. The largest absolute Gasteiger partial charge is 0.481 e. The number of carboxylic acids is 1. The van der Waals surface area contributed by atoms with Crippen molar-refractivity contribution in [3.8, 4) is 0 Å². The summed E-state index contributed by atoms with van der Waals surface area (Å²) in [5.74, 6) is -1.38. The molecule has 7 nitrogen and oxygen atoms in total. The predicted octanol–water partition coefficient (Wildman–Crippen LogP) is 3.08. The van der Waals surface area contributed by atoms with Gasteiger partial charge in [0, 0.05) is 29.0 Å². The number of thioether (sulfide) groups is 1. The van der Waals surface area contributed by atoms with Crippen molar-refractivity contribution in [1.29, 1.82) is 0 Å². The molecule has 1 aromatic heterocycles. The summed E-state index contributed by atoms with van der Waals surface area (Å²) in [6, 6.07) is 8.44. The summed E-state index contributed by atoms with van der Waals surface area (Å²) in [5.41, 5.74) is 2.33. The average Bonchev–Trinajstić information content (AvgIpc) is 3.49. The second-order valence-electron chi connectivity index (χ2n) is 9.70. The van der Waals surface area contributed by atoms with Crippen LogP contribution < -0.4 is 4.87 Å². The van der Waals surface area contributed by atoms with Crippen molar-refractivity contribution in [3.63, 3.8) is 0 Å². The third-order valence-electron chi connectivity index (χ3n) is 8.02. The molecule has 2 saturated carbocycles. The lowest BCUT2D eigenvalue weighted by Crippen LogP contribution is -2.42. The fourth-order valence-electron chi connectivity index (χ4n) is 6.83. The Morgan fingerprint density at radius 3 is 2.52 bits per heavy atom. The summed E-state index contributed by atoms with van der Waals surface area (Å²) in [6.07, 6.45) is 1.09. The summed E-state index contributed by atoms with van der Waals surface area (Å²) in [6.45, 7) is 2.23. The van der Waals surface area contributed by atoms with E-state index in [9.17, 15) is 19.2 Å². The molecule has 2 amide bonds. The first-order valence-corrected chi connectivity index (χ1v) is 13.1. The Labute approximate surface area is 198 Å². The SMILES string of the molecule is Cc1ccc([C@@H]2c3sc(=O)[nH]c3S[C@@H]3[C@H]4C[C@@H]([C@H]5C(=O)N(CCCC(=O)O)C(=O)[C@@H]45)[C@@H]23)cc1. The first kappa shape index (κ1) is 21.2. The van der Waals surface area contributed by atoms with Crippen LogP contribution >= 0.6 is 23.1 Å². The van der Waals surface area contributed by atoms with Crippen molar-refractivity contribution in [2.75, 3.05) is 6.54 Å². The van der Waals surface area contributed by atoms with Crippen LogP contribution in [0.1, 0.15) is 41.2 Å². The molecule has 3 heterocycles. The Morgan fingerprint density at radius 1 is 1.12 bits per heavy atom. The molecule has 2 bridgehead atoms. The maximum Gasteiger partial charge on any atom is 0.305 e. The zero-order chi connectivity index (χ0) is 23.0. The van der Waals surface area contributed by atoms with Crippen molar-refractivity contribution in [2.45, 2.75) is 42.4 Å². The van der Waals surface area contributed by atoms with Gasteiger partial charge in [0.1, 0.15) is 0 Å². The number of carbonyl (C=O) groups is 3. The van der Waals surface area contributed by atoms with Crippen LogP contribution in [0.15, 0.2) is 34.1 Å². The van der Waals surface area contributed by atoms with E-state index < -0.39 is 5.97 Å². The number of imide groups is 1. The van der Waals surface area contributed by atoms with E-state index in [2.05, 4.69) is 29.2 Å². The number of carboxylic acid groups (broad SMARTS) is 1. The summed E-state index contributed by atoms with van der Waals surface area (Å²) in [7, 11) is 0. The van der Waals surface area contributed by atoms with Gasteiger partial charge in [0.2, 0.25) is 11.8 Å². The summed E-state index contributed by atoms with van der Waals surface area (Å²) < 4.78 is 0. The van der Waals surface area contributed by atoms with E-state index in [-0.39, 0.29) is 76.8 Å². The number of amides is 2. The van der Waals surface area contributed by atoms with E-state index in [1.807, 2.05) is 6.92 Å². The molecule has 1 saturated heterocycles. The van der Waals surface area contributed by atoms with Gasteiger partial charge in [0.25, 0.3) is 0 Å². The van der Waals surface area contributed by atoms with Crippen LogP contribution in [-0.4, -0.2) is 44.6 Å². The van der Waals surface area contributed by atoms with E-state index in [1.54, 1.807) is 11.8 Å². The van der Waals surface area contributed by atoms with E-state index in [1.165, 1.54) is 21.8 Å². The fraction of sp³-hybridized carbons (Fsp3) is 0.500. The Morgan fingerprint density at radius 2 is 1.82 bits per heavy atom. The van der Waals surface area contributed by atoms with Crippen LogP contribution in [0.25, 0.3) is 0 Å². The van der Waals surface area contributed by atoms with Crippen LogP contribution in [0.5, 0.6) is 0 Å². The van der Waals surface area contributed by atoms with Gasteiger partial charge < -0.3 is 10.1 Å².